The van der Waals surface area contributed by atoms with E-state index in [1.54, 1.807) is 57.5 Å². The predicted octanol–water partition coefficient (Wildman–Crippen LogP) is 8.28. The number of rotatable bonds is 19. The minimum absolute atomic E-state index is 0.0443. The molecule has 0 spiro atoms. The van der Waals surface area contributed by atoms with Gasteiger partial charge in [0.1, 0.15) is 37.9 Å². The molecule has 0 radical (unpaired) electrons. The number of piperidine rings is 1. The molecule has 17 nitrogen and oxygen atoms in total. The Balaban J connectivity index is 0.864. The van der Waals surface area contributed by atoms with Crippen LogP contribution in [0.1, 0.15) is 102 Å². The van der Waals surface area contributed by atoms with Crippen LogP contribution in [0.5, 0.6) is 34.5 Å². The Morgan fingerprint density at radius 2 is 1.32 bits per heavy atom. The van der Waals surface area contributed by atoms with E-state index in [0.29, 0.717) is 75.7 Å². The molecule has 4 heterocycles. The van der Waals surface area contributed by atoms with E-state index in [2.05, 4.69) is 10.5 Å². The molecule has 1 unspecified atom stereocenters. The molecule has 0 bridgehead atoms. The number of ether oxygens (including phenoxy) is 6. The Labute approximate surface area is 417 Å². The summed E-state index contributed by atoms with van der Waals surface area (Å²) in [6, 6.07) is 19.9. The predicted molar refractivity (Wildman–Crippen MR) is 269 cm³/mol. The summed E-state index contributed by atoms with van der Waals surface area (Å²) in [5.41, 5.74) is 7.53. The quantitative estimate of drug-likeness (QED) is 0.0411. The topological polar surface area (TPSA) is 196 Å². The molecule has 3 atom stereocenters. The largest absolute Gasteiger partial charge is 0.493 e. The van der Waals surface area contributed by atoms with Crippen molar-refractivity contribution in [1.82, 2.24) is 15.2 Å². The maximum Gasteiger partial charge on any atom is 0.256 e. The summed E-state index contributed by atoms with van der Waals surface area (Å²) in [5, 5.41) is 4.21. The fourth-order valence-electron chi connectivity index (χ4n) is 9.68. The Hall–Kier alpha value is -7.82. The van der Waals surface area contributed by atoms with Crippen LogP contribution in [0.3, 0.4) is 0 Å². The number of Topliss-reactive ketones (excluding diaryl/α,β-unsaturated/α-hetero) is 1. The molecule has 9 rings (SSSR count). The summed E-state index contributed by atoms with van der Waals surface area (Å²) >= 11 is 0. The molecule has 374 valence electrons. The van der Waals surface area contributed by atoms with Gasteiger partial charge < -0.3 is 33.3 Å². The molecule has 1 N–H and O–H groups in total. The maximum absolute atomic E-state index is 13.7. The average molecular weight is 979 g/mol. The standard InChI is InChI=1S/C55H58N6O11/c1-34(58-59-51(62)12-8-20-61-52(63)17-18-53(61)64)37-13-15-40(16-14-37)69-21-22-70-41-24-35(32-71-49-28-45-43(26-47(49)67-2)54(65)42-11-5-4-9-38(42)30-56-45)23-36(25-41)33-72-50-29-46-44(27-48(50)68-3)55(66)60-19-7-6-10-39(60)31-57-46/h13-18,23-31,38-39,42H,4-12,19-22,32-33H2,1-3H3,(H,59,62)/b58-34+/t38-,39-,42?/m0/s1. The summed E-state index contributed by atoms with van der Waals surface area (Å²) in [4.78, 5) is 75.7. The average Bonchev–Trinajstić information content (AvgIpc) is 3.56. The number of hydrazone groups is 1. The van der Waals surface area contributed by atoms with Gasteiger partial charge in [-0.15, -0.1) is 0 Å². The zero-order chi connectivity index (χ0) is 50.1. The van der Waals surface area contributed by atoms with Crippen molar-refractivity contribution in [3.63, 3.8) is 0 Å². The number of carbonyl (C=O) groups excluding carboxylic acids is 5. The van der Waals surface area contributed by atoms with E-state index in [9.17, 15) is 24.0 Å². The third kappa shape index (κ3) is 11.4. The monoisotopic (exact) mass is 978 g/mol. The number of nitrogens with one attached hydrogen (secondary N) is 1. The minimum Gasteiger partial charge on any atom is -0.493 e. The highest BCUT2D eigenvalue weighted by Gasteiger charge is 2.35. The van der Waals surface area contributed by atoms with E-state index in [-0.39, 0.29) is 86.7 Å². The molecule has 4 aromatic rings. The fraction of sp³-hybridized carbons (Fsp3) is 0.382. The second-order valence-corrected chi connectivity index (χ2v) is 18.4. The van der Waals surface area contributed by atoms with Gasteiger partial charge in [0.2, 0.25) is 5.91 Å². The van der Waals surface area contributed by atoms with Gasteiger partial charge in [0.05, 0.1) is 42.9 Å². The minimum atomic E-state index is -0.377. The van der Waals surface area contributed by atoms with Crippen molar-refractivity contribution in [3.05, 3.63) is 107 Å². The van der Waals surface area contributed by atoms with Crippen LogP contribution in [0, 0.1) is 11.8 Å². The second kappa shape index (κ2) is 22.5. The van der Waals surface area contributed by atoms with Crippen molar-refractivity contribution >= 4 is 58.9 Å². The van der Waals surface area contributed by atoms with Gasteiger partial charge in [0, 0.05) is 73.6 Å². The Morgan fingerprint density at radius 1 is 0.694 bits per heavy atom. The first-order valence-electron chi connectivity index (χ1n) is 24.5. The Morgan fingerprint density at radius 3 is 2.01 bits per heavy atom. The first-order valence-corrected chi connectivity index (χ1v) is 24.5. The van der Waals surface area contributed by atoms with Gasteiger partial charge in [0.25, 0.3) is 17.7 Å². The van der Waals surface area contributed by atoms with Crippen LogP contribution >= 0.6 is 0 Å². The summed E-state index contributed by atoms with van der Waals surface area (Å²) < 4.78 is 36.7. The smallest absolute Gasteiger partial charge is 0.256 e. The van der Waals surface area contributed by atoms with Crippen LogP contribution in [0.15, 0.2) is 94.0 Å². The molecule has 4 amide bonds. The van der Waals surface area contributed by atoms with Crippen LogP contribution in [0.25, 0.3) is 0 Å². The third-order valence-corrected chi connectivity index (χ3v) is 13.6. The molecule has 1 aliphatic carbocycles. The van der Waals surface area contributed by atoms with Crippen molar-refractivity contribution in [2.24, 2.45) is 26.9 Å². The molecule has 4 aliphatic heterocycles. The van der Waals surface area contributed by atoms with Gasteiger partial charge >= 0.3 is 0 Å². The fourth-order valence-corrected chi connectivity index (χ4v) is 9.68. The van der Waals surface area contributed by atoms with Crippen molar-refractivity contribution in [2.45, 2.75) is 84.0 Å². The number of benzene rings is 4. The van der Waals surface area contributed by atoms with Gasteiger partial charge in [0.15, 0.2) is 28.8 Å². The number of imide groups is 1. The van der Waals surface area contributed by atoms with Gasteiger partial charge in [-0.05, 0) is 117 Å². The zero-order valence-corrected chi connectivity index (χ0v) is 40.7. The molecule has 4 aromatic carbocycles. The van der Waals surface area contributed by atoms with E-state index >= 15 is 0 Å². The highest BCUT2D eigenvalue weighted by Crippen LogP contribution is 2.42. The summed E-state index contributed by atoms with van der Waals surface area (Å²) in [6.45, 7) is 3.27. The molecule has 17 heteroatoms. The number of nitrogens with zero attached hydrogens (tertiary/aromatic N) is 5. The number of methoxy groups -OCH3 is 2. The maximum atomic E-state index is 13.7. The van der Waals surface area contributed by atoms with Gasteiger partial charge in [-0.3, -0.25) is 38.9 Å². The lowest BCUT2D eigenvalue weighted by molar-refractivity contribution is -0.137. The molecular formula is C55H58N6O11. The van der Waals surface area contributed by atoms with Crippen molar-refractivity contribution in [2.75, 3.05) is 40.5 Å². The molecular weight excluding hydrogens is 921 g/mol. The number of fused-ring (bicyclic) bond motifs is 4. The van der Waals surface area contributed by atoms with E-state index in [1.807, 2.05) is 47.7 Å². The lowest BCUT2D eigenvalue weighted by atomic mass is 9.76. The molecule has 1 saturated heterocycles. The van der Waals surface area contributed by atoms with E-state index < -0.39 is 0 Å². The van der Waals surface area contributed by atoms with Crippen LogP contribution in [0.2, 0.25) is 0 Å². The van der Waals surface area contributed by atoms with Crippen molar-refractivity contribution in [1.29, 1.82) is 0 Å². The second-order valence-electron chi connectivity index (χ2n) is 18.4. The first kappa shape index (κ1) is 49.2. The van der Waals surface area contributed by atoms with Gasteiger partial charge in [-0.2, -0.15) is 5.10 Å². The Kier molecular flexibility index (Phi) is 15.4. The number of carbonyl (C=O) groups is 5. The highest BCUT2D eigenvalue weighted by atomic mass is 16.5. The summed E-state index contributed by atoms with van der Waals surface area (Å²) in [6.07, 6.45) is 13.4. The summed E-state index contributed by atoms with van der Waals surface area (Å²) in [7, 11) is 3.10. The van der Waals surface area contributed by atoms with Gasteiger partial charge in [-0.1, -0.05) is 12.8 Å². The van der Waals surface area contributed by atoms with E-state index in [0.717, 1.165) is 66.5 Å². The lowest BCUT2D eigenvalue weighted by Gasteiger charge is -2.32. The van der Waals surface area contributed by atoms with Gasteiger partial charge in [-0.25, -0.2) is 5.43 Å². The molecule has 1 saturated carbocycles. The first-order chi connectivity index (χ1) is 35.0. The number of hydrogen-bond acceptors (Lipinski definition) is 14. The van der Waals surface area contributed by atoms with Crippen LogP contribution < -0.4 is 33.8 Å². The zero-order valence-electron chi connectivity index (χ0n) is 40.7. The number of amides is 4. The van der Waals surface area contributed by atoms with Crippen LogP contribution in [-0.2, 0) is 27.6 Å². The number of aliphatic imine (C=N–C) groups is 2. The number of hydrogen-bond donors (Lipinski definition) is 1. The molecule has 5 aliphatic rings. The van der Waals surface area contributed by atoms with E-state index in [4.69, 9.17) is 38.4 Å². The molecule has 0 aromatic heterocycles. The molecule has 72 heavy (non-hydrogen) atoms. The highest BCUT2D eigenvalue weighted by molar-refractivity contribution is 6.13. The molecule has 2 fully saturated rings. The number of ketones is 1. The third-order valence-electron chi connectivity index (χ3n) is 13.6. The SMILES string of the molecule is COc1cc2c(cc1OCc1cc(COc3cc4c(cc3OC)C(=O)N3CCCC[C@H]3C=N4)cc(OCCOc3ccc(/C(C)=N/NC(=O)CCCN4C(=O)C=CC4=O)cc3)c1)N=C[C@@H]1CCCCC1C2=O. The van der Waals surface area contributed by atoms with Crippen LogP contribution in [-0.4, -0.2) is 104 Å². The van der Waals surface area contributed by atoms with Crippen molar-refractivity contribution < 1.29 is 52.4 Å². The lowest BCUT2D eigenvalue weighted by Crippen LogP contribution is -2.43. The van der Waals surface area contributed by atoms with Crippen molar-refractivity contribution in [3.8, 4) is 34.5 Å². The normalized spacial score (nSPS) is 19.2. The van der Waals surface area contributed by atoms with E-state index in [1.165, 1.54) is 12.2 Å². The Bertz CT molecular complexity index is 2720. The van der Waals surface area contributed by atoms with Crippen LogP contribution in [0.4, 0.5) is 11.4 Å². The summed E-state index contributed by atoms with van der Waals surface area (Å²) in [5.74, 6) is 1.86.